The molecule has 1 atom stereocenters. The largest absolute Gasteiger partial charge is 0.493 e. The first-order valence-corrected chi connectivity index (χ1v) is 8.48. The molecular weight excluding hydrogens is 354 g/mol. The van der Waals surface area contributed by atoms with E-state index >= 15 is 0 Å². The molecule has 0 radical (unpaired) electrons. The molecule has 0 saturated heterocycles. The van der Waals surface area contributed by atoms with Crippen molar-refractivity contribution in [3.8, 4) is 34.1 Å². The Hall–Kier alpha value is -2.11. The Bertz CT molecular complexity index is 837. The van der Waals surface area contributed by atoms with Crippen LogP contribution in [0.5, 0.6) is 23.0 Å². The lowest BCUT2D eigenvalue weighted by Crippen LogP contribution is -2.34. The molecule has 0 bridgehead atoms. The average Bonchev–Trinajstić information content (AvgIpc) is 2.66. The van der Waals surface area contributed by atoms with E-state index in [-0.39, 0.29) is 18.4 Å². The highest BCUT2D eigenvalue weighted by Crippen LogP contribution is 2.52. The fourth-order valence-corrected chi connectivity index (χ4v) is 4.13. The van der Waals surface area contributed by atoms with Gasteiger partial charge in [-0.25, -0.2) is 0 Å². The number of hydrogen-bond acceptors (Lipinski definition) is 5. The van der Waals surface area contributed by atoms with Gasteiger partial charge in [0.05, 0.1) is 28.4 Å². The van der Waals surface area contributed by atoms with Crippen molar-refractivity contribution >= 4 is 12.4 Å². The Morgan fingerprint density at radius 1 is 0.846 bits per heavy atom. The number of hydrogen-bond donors (Lipinski definition) is 1. The second-order valence-corrected chi connectivity index (χ2v) is 6.39. The zero-order valence-electron chi connectivity index (χ0n) is 15.5. The van der Waals surface area contributed by atoms with Crippen LogP contribution in [0.2, 0.25) is 0 Å². The molecule has 0 fully saturated rings. The van der Waals surface area contributed by atoms with E-state index in [1.807, 2.05) is 0 Å². The summed E-state index contributed by atoms with van der Waals surface area (Å²) in [5, 5.41) is 3.64. The van der Waals surface area contributed by atoms with Crippen molar-refractivity contribution in [3.63, 3.8) is 0 Å². The fourth-order valence-electron chi connectivity index (χ4n) is 4.13. The van der Waals surface area contributed by atoms with Crippen LogP contribution in [0.15, 0.2) is 18.2 Å². The Labute approximate surface area is 160 Å². The first-order chi connectivity index (χ1) is 12.2. The molecule has 6 heteroatoms. The molecule has 26 heavy (non-hydrogen) atoms. The van der Waals surface area contributed by atoms with Gasteiger partial charge in [-0.15, -0.1) is 12.4 Å². The minimum Gasteiger partial charge on any atom is -0.493 e. The molecule has 2 aromatic carbocycles. The number of fused-ring (bicyclic) bond motifs is 2. The molecule has 0 saturated carbocycles. The van der Waals surface area contributed by atoms with Gasteiger partial charge in [-0.05, 0) is 59.8 Å². The highest BCUT2D eigenvalue weighted by molar-refractivity contribution is 5.85. The van der Waals surface area contributed by atoms with Crippen LogP contribution in [0.4, 0.5) is 0 Å². The first-order valence-electron chi connectivity index (χ1n) is 8.48. The van der Waals surface area contributed by atoms with Gasteiger partial charge in [-0.1, -0.05) is 0 Å². The van der Waals surface area contributed by atoms with Gasteiger partial charge in [0.2, 0.25) is 0 Å². The van der Waals surface area contributed by atoms with Crippen LogP contribution >= 0.6 is 12.4 Å². The van der Waals surface area contributed by atoms with Crippen LogP contribution in [0.3, 0.4) is 0 Å². The van der Waals surface area contributed by atoms with E-state index in [4.69, 9.17) is 18.9 Å². The van der Waals surface area contributed by atoms with Crippen molar-refractivity contribution in [1.29, 1.82) is 0 Å². The Morgan fingerprint density at radius 2 is 1.50 bits per heavy atom. The third-order valence-electron chi connectivity index (χ3n) is 5.23. The summed E-state index contributed by atoms with van der Waals surface area (Å²) in [5.41, 5.74) is 6.11. The Morgan fingerprint density at radius 3 is 2.15 bits per heavy atom. The van der Waals surface area contributed by atoms with E-state index in [2.05, 4.69) is 23.5 Å². The molecule has 140 valence electrons. The van der Waals surface area contributed by atoms with E-state index in [1.54, 1.807) is 28.4 Å². The molecule has 0 spiro atoms. The highest BCUT2D eigenvalue weighted by atomic mass is 35.5. The number of rotatable bonds is 4. The minimum atomic E-state index is 0. The summed E-state index contributed by atoms with van der Waals surface area (Å²) < 4.78 is 22.4. The Balaban J connectivity index is 0.00000196. The van der Waals surface area contributed by atoms with Gasteiger partial charge < -0.3 is 24.3 Å². The summed E-state index contributed by atoms with van der Waals surface area (Å²) in [4.78, 5) is 0. The SMILES string of the molecule is COc1cc2c(cc1OC)-c1c(OC)c(OC)cc3c1C(C2)NCC3.Cl. The van der Waals surface area contributed by atoms with E-state index in [1.165, 1.54) is 16.7 Å². The van der Waals surface area contributed by atoms with Gasteiger partial charge in [-0.3, -0.25) is 0 Å². The zero-order chi connectivity index (χ0) is 17.6. The van der Waals surface area contributed by atoms with Gasteiger partial charge in [0.1, 0.15) is 0 Å². The van der Waals surface area contributed by atoms with Crippen LogP contribution in [-0.2, 0) is 12.8 Å². The van der Waals surface area contributed by atoms with Crippen molar-refractivity contribution in [2.45, 2.75) is 18.9 Å². The molecule has 1 unspecified atom stereocenters. The van der Waals surface area contributed by atoms with Crippen molar-refractivity contribution in [2.75, 3.05) is 35.0 Å². The summed E-state index contributed by atoms with van der Waals surface area (Å²) >= 11 is 0. The molecule has 1 heterocycles. The monoisotopic (exact) mass is 377 g/mol. The van der Waals surface area contributed by atoms with Crippen molar-refractivity contribution in [1.82, 2.24) is 5.32 Å². The number of ether oxygens (including phenoxy) is 4. The molecule has 1 aliphatic heterocycles. The van der Waals surface area contributed by atoms with Crippen molar-refractivity contribution in [3.05, 3.63) is 34.9 Å². The summed E-state index contributed by atoms with van der Waals surface area (Å²) in [6.45, 7) is 0.967. The topological polar surface area (TPSA) is 49.0 Å². The molecule has 2 aromatic rings. The summed E-state index contributed by atoms with van der Waals surface area (Å²) in [6.07, 6.45) is 1.91. The molecule has 0 aromatic heterocycles. The molecule has 1 N–H and O–H groups in total. The van der Waals surface area contributed by atoms with Crippen LogP contribution in [0, 0.1) is 0 Å². The van der Waals surface area contributed by atoms with E-state index in [0.717, 1.165) is 53.5 Å². The average molecular weight is 378 g/mol. The van der Waals surface area contributed by atoms with Gasteiger partial charge >= 0.3 is 0 Å². The van der Waals surface area contributed by atoms with Gasteiger partial charge in [0.25, 0.3) is 0 Å². The van der Waals surface area contributed by atoms with E-state index < -0.39 is 0 Å². The molecule has 2 aliphatic rings. The second kappa shape index (κ2) is 7.25. The molecule has 0 amide bonds. The quantitative estimate of drug-likeness (QED) is 0.883. The lowest BCUT2D eigenvalue weighted by molar-refractivity contribution is 0.350. The molecular formula is C20H24ClNO4. The smallest absolute Gasteiger partial charge is 0.168 e. The number of halogens is 1. The number of methoxy groups -OCH3 is 4. The predicted octanol–water partition coefficient (Wildman–Crippen LogP) is 3.55. The highest BCUT2D eigenvalue weighted by Gasteiger charge is 2.34. The normalized spacial score (nSPS) is 16.7. The fraction of sp³-hybridized carbons (Fsp3) is 0.400. The van der Waals surface area contributed by atoms with E-state index in [9.17, 15) is 0 Å². The van der Waals surface area contributed by atoms with Crippen molar-refractivity contribution in [2.24, 2.45) is 0 Å². The third-order valence-corrected chi connectivity index (χ3v) is 5.23. The van der Waals surface area contributed by atoms with Crippen LogP contribution in [0.25, 0.3) is 11.1 Å². The standard InChI is InChI=1S/C20H23NO4.ClH/c1-22-15-9-12-7-14-18-11(5-6-21-14)8-17(24-3)20(25-4)19(18)13(12)10-16(15)23-2;/h8-10,14,21H,5-7H2,1-4H3;1H. The summed E-state index contributed by atoms with van der Waals surface area (Å²) in [5.74, 6) is 3.03. The molecule has 5 nitrogen and oxygen atoms in total. The maximum atomic E-state index is 5.77. The molecule has 4 rings (SSSR count). The lowest BCUT2D eigenvalue weighted by atomic mass is 9.77. The molecule has 1 aliphatic carbocycles. The third kappa shape index (κ3) is 2.66. The minimum absolute atomic E-state index is 0. The van der Waals surface area contributed by atoms with Crippen LogP contribution in [0.1, 0.15) is 22.7 Å². The number of benzene rings is 2. The summed E-state index contributed by atoms with van der Waals surface area (Å²) in [7, 11) is 6.71. The van der Waals surface area contributed by atoms with Gasteiger partial charge in [0.15, 0.2) is 23.0 Å². The van der Waals surface area contributed by atoms with Crippen LogP contribution in [-0.4, -0.2) is 35.0 Å². The van der Waals surface area contributed by atoms with Crippen molar-refractivity contribution < 1.29 is 18.9 Å². The maximum absolute atomic E-state index is 5.77. The predicted molar refractivity (Wildman–Crippen MR) is 103 cm³/mol. The van der Waals surface area contributed by atoms with Gasteiger partial charge in [-0.2, -0.15) is 0 Å². The van der Waals surface area contributed by atoms with Gasteiger partial charge in [0, 0.05) is 11.6 Å². The maximum Gasteiger partial charge on any atom is 0.168 e. The number of nitrogens with one attached hydrogen (secondary N) is 1. The summed E-state index contributed by atoms with van der Waals surface area (Å²) in [6, 6.07) is 6.53. The van der Waals surface area contributed by atoms with Crippen LogP contribution < -0.4 is 24.3 Å². The zero-order valence-corrected chi connectivity index (χ0v) is 16.3. The second-order valence-electron chi connectivity index (χ2n) is 6.39. The van der Waals surface area contributed by atoms with E-state index in [0.29, 0.717) is 0 Å². The first kappa shape index (κ1) is 18.7. The lowest BCUT2D eigenvalue weighted by Gasteiger charge is -2.36. The Kier molecular flexibility index (Phi) is 5.21.